The third kappa shape index (κ3) is 7.57. The van der Waals surface area contributed by atoms with Gasteiger partial charge in [0.15, 0.2) is 5.96 Å². The first-order valence-electron chi connectivity index (χ1n) is 9.11. The van der Waals surface area contributed by atoms with E-state index in [1.54, 1.807) is 21.2 Å². The number of amides is 1. The Morgan fingerprint density at radius 2 is 1.71 bits per heavy atom. The van der Waals surface area contributed by atoms with E-state index in [0.717, 1.165) is 17.1 Å². The lowest BCUT2D eigenvalue weighted by Crippen LogP contribution is -2.44. The van der Waals surface area contributed by atoms with Gasteiger partial charge in [-0.1, -0.05) is 30.3 Å². The Balaban J connectivity index is 1.89. The van der Waals surface area contributed by atoms with Crippen LogP contribution in [0.3, 0.4) is 0 Å². The predicted octanol–water partition coefficient (Wildman–Crippen LogP) is 1.90. The van der Waals surface area contributed by atoms with E-state index in [0.29, 0.717) is 25.7 Å². The molecule has 0 bridgehead atoms. The molecule has 2 aromatic rings. The number of methoxy groups -OCH3 is 1. The molecule has 0 radical (unpaired) electrons. The van der Waals surface area contributed by atoms with Crippen molar-refractivity contribution in [2.75, 3.05) is 40.9 Å². The van der Waals surface area contributed by atoms with Gasteiger partial charge in [0.2, 0.25) is 5.91 Å². The normalized spacial score (nSPS) is 10.9. The molecule has 0 aromatic heterocycles. The highest BCUT2D eigenvalue weighted by molar-refractivity contribution is 5.86. The number of para-hydroxylation sites is 1. The summed E-state index contributed by atoms with van der Waals surface area (Å²) in [6.45, 7) is 1.68. The van der Waals surface area contributed by atoms with E-state index in [1.165, 1.54) is 4.90 Å². The molecule has 7 nitrogen and oxygen atoms in total. The zero-order valence-corrected chi connectivity index (χ0v) is 16.6. The third-order valence-corrected chi connectivity index (χ3v) is 3.89. The third-order valence-electron chi connectivity index (χ3n) is 3.89. The SMILES string of the molecule is COc1ccc(CN=C(NCCOc2ccccc2)NCC(=O)N(C)C)cc1. The molecule has 1 amide bonds. The Bertz CT molecular complexity index is 746. The molecule has 0 saturated carbocycles. The number of ether oxygens (including phenoxy) is 2. The van der Waals surface area contributed by atoms with E-state index in [4.69, 9.17) is 9.47 Å². The highest BCUT2D eigenvalue weighted by Gasteiger charge is 2.06. The first-order valence-corrected chi connectivity index (χ1v) is 9.11. The Kier molecular flexibility index (Phi) is 8.65. The smallest absolute Gasteiger partial charge is 0.241 e. The Morgan fingerprint density at radius 1 is 1.00 bits per heavy atom. The molecule has 0 spiro atoms. The first-order chi connectivity index (χ1) is 13.6. The number of benzene rings is 2. The van der Waals surface area contributed by atoms with Gasteiger partial charge in [-0.15, -0.1) is 0 Å². The number of guanidine groups is 1. The molecule has 28 heavy (non-hydrogen) atoms. The van der Waals surface area contributed by atoms with Gasteiger partial charge in [0.05, 0.1) is 26.7 Å². The van der Waals surface area contributed by atoms with Crippen molar-refractivity contribution < 1.29 is 14.3 Å². The number of likely N-dealkylation sites (N-methyl/N-ethyl adjacent to an activating group) is 1. The molecule has 2 rings (SSSR count). The Labute approximate surface area is 166 Å². The maximum absolute atomic E-state index is 11.8. The number of hydrogen-bond donors (Lipinski definition) is 2. The number of carbonyl (C=O) groups excluding carboxylic acids is 1. The molecule has 0 aliphatic heterocycles. The van der Waals surface area contributed by atoms with Crippen LogP contribution in [0.15, 0.2) is 59.6 Å². The quantitative estimate of drug-likeness (QED) is 0.392. The monoisotopic (exact) mass is 384 g/mol. The number of nitrogens with one attached hydrogen (secondary N) is 2. The number of hydrogen-bond acceptors (Lipinski definition) is 4. The van der Waals surface area contributed by atoms with Crippen molar-refractivity contribution in [3.63, 3.8) is 0 Å². The van der Waals surface area contributed by atoms with Crippen LogP contribution in [0.25, 0.3) is 0 Å². The van der Waals surface area contributed by atoms with Crippen molar-refractivity contribution in [3.05, 3.63) is 60.2 Å². The van der Waals surface area contributed by atoms with Crippen LogP contribution in [0.2, 0.25) is 0 Å². The lowest BCUT2D eigenvalue weighted by atomic mass is 10.2. The average molecular weight is 384 g/mol. The minimum absolute atomic E-state index is 0.0283. The zero-order valence-electron chi connectivity index (χ0n) is 16.6. The lowest BCUT2D eigenvalue weighted by molar-refractivity contribution is -0.127. The molecular formula is C21H28N4O3. The van der Waals surface area contributed by atoms with Crippen LogP contribution in [0.4, 0.5) is 0 Å². The molecule has 0 heterocycles. The van der Waals surface area contributed by atoms with Gasteiger partial charge in [0.1, 0.15) is 18.1 Å². The topological polar surface area (TPSA) is 75.2 Å². The predicted molar refractivity (Wildman–Crippen MR) is 111 cm³/mol. The summed E-state index contributed by atoms with van der Waals surface area (Å²) in [4.78, 5) is 17.9. The van der Waals surface area contributed by atoms with Crippen LogP contribution < -0.4 is 20.1 Å². The van der Waals surface area contributed by atoms with Crippen molar-refractivity contribution in [1.82, 2.24) is 15.5 Å². The van der Waals surface area contributed by atoms with E-state index >= 15 is 0 Å². The maximum Gasteiger partial charge on any atom is 0.241 e. The maximum atomic E-state index is 11.8. The summed E-state index contributed by atoms with van der Waals surface area (Å²) in [5.74, 6) is 2.15. The fourth-order valence-corrected chi connectivity index (χ4v) is 2.25. The minimum atomic E-state index is -0.0283. The molecule has 2 N–H and O–H groups in total. The van der Waals surface area contributed by atoms with E-state index in [2.05, 4.69) is 15.6 Å². The van der Waals surface area contributed by atoms with E-state index in [9.17, 15) is 4.79 Å². The fraction of sp³-hybridized carbons (Fsp3) is 0.333. The number of rotatable bonds is 9. The number of nitrogens with zero attached hydrogens (tertiary/aromatic N) is 2. The van der Waals surface area contributed by atoms with Crippen LogP contribution in [-0.4, -0.2) is 57.7 Å². The van der Waals surface area contributed by atoms with Crippen molar-refractivity contribution in [1.29, 1.82) is 0 Å². The van der Waals surface area contributed by atoms with Gasteiger partial charge in [-0.2, -0.15) is 0 Å². The second-order valence-corrected chi connectivity index (χ2v) is 6.24. The molecule has 0 atom stereocenters. The largest absolute Gasteiger partial charge is 0.497 e. The van der Waals surface area contributed by atoms with Gasteiger partial charge in [-0.25, -0.2) is 4.99 Å². The Hall–Kier alpha value is -3.22. The average Bonchev–Trinajstić information content (AvgIpc) is 2.73. The van der Waals surface area contributed by atoms with Crippen LogP contribution in [0, 0.1) is 0 Å². The molecule has 150 valence electrons. The second-order valence-electron chi connectivity index (χ2n) is 6.24. The Morgan fingerprint density at radius 3 is 2.36 bits per heavy atom. The zero-order chi connectivity index (χ0) is 20.2. The summed E-state index contributed by atoms with van der Waals surface area (Å²) >= 11 is 0. The van der Waals surface area contributed by atoms with Gasteiger partial charge >= 0.3 is 0 Å². The van der Waals surface area contributed by atoms with Gasteiger partial charge in [-0.3, -0.25) is 4.79 Å². The second kappa shape index (κ2) is 11.5. The summed E-state index contributed by atoms with van der Waals surface area (Å²) in [5, 5.41) is 6.26. The van der Waals surface area contributed by atoms with Gasteiger partial charge in [0.25, 0.3) is 0 Å². The van der Waals surface area contributed by atoms with Crippen molar-refractivity contribution in [3.8, 4) is 11.5 Å². The minimum Gasteiger partial charge on any atom is -0.497 e. The number of aliphatic imine (C=N–C) groups is 1. The molecule has 2 aromatic carbocycles. The standard InChI is InChI=1S/C21H28N4O3/c1-25(2)20(26)16-24-21(22-13-14-28-19-7-5-4-6-8-19)23-15-17-9-11-18(27-3)12-10-17/h4-12H,13-16H2,1-3H3,(H2,22,23,24). The summed E-state index contributed by atoms with van der Waals surface area (Å²) in [5.41, 5.74) is 1.04. The first kappa shape index (κ1) is 21.1. The molecule has 0 fully saturated rings. The lowest BCUT2D eigenvalue weighted by Gasteiger charge is -2.15. The van der Waals surface area contributed by atoms with E-state index in [1.807, 2.05) is 54.6 Å². The van der Waals surface area contributed by atoms with Gasteiger partial charge < -0.3 is 25.0 Å². The fourth-order valence-electron chi connectivity index (χ4n) is 2.25. The molecule has 7 heteroatoms. The van der Waals surface area contributed by atoms with Crippen LogP contribution in [-0.2, 0) is 11.3 Å². The molecule has 0 unspecified atom stereocenters. The number of carbonyl (C=O) groups is 1. The van der Waals surface area contributed by atoms with Gasteiger partial charge in [0, 0.05) is 14.1 Å². The van der Waals surface area contributed by atoms with Crippen molar-refractivity contribution in [2.24, 2.45) is 4.99 Å². The molecule has 0 aliphatic rings. The highest BCUT2D eigenvalue weighted by atomic mass is 16.5. The van der Waals surface area contributed by atoms with Crippen LogP contribution in [0.5, 0.6) is 11.5 Å². The summed E-state index contributed by atoms with van der Waals surface area (Å²) in [6, 6.07) is 17.3. The molecule has 0 saturated heterocycles. The van der Waals surface area contributed by atoms with E-state index < -0.39 is 0 Å². The highest BCUT2D eigenvalue weighted by Crippen LogP contribution is 2.11. The summed E-state index contributed by atoms with van der Waals surface area (Å²) in [6.07, 6.45) is 0. The molecular weight excluding hydrogens is 356 g/mol. The van der Waals surface area contributed by atoms with Crippen LogP contribution >= 0.6 is 0 Å². The van der Waals surface area contributed by atoms with Gasteiger partial charge in [-0.05, 0) is 29.8 Å². The van der Waals surface area contributed by atoms with Crippen molar-refractivity contribution >= 4 is 11.9 Å². The summed E-state index contributed by atoms with van der Waals surface area (Å²) in [7, 11) is 5.08. The molecule has 0 aliphatic carbocycles. The van der Waals surface area contributed by atoms with Crippen molar-refractivity contribution in [2.45, 2.75) is 6.54 Å². The van der Waals surface area contributed by atoms with Crippen LogP contribution in [0.1, 0.15) is 5.56 Å². The van der Waals surface area contributed by atoms with E-state index in [-0.39, 0.29) is 12.5 Å². The summed E-state index contributed by atoms with van der Waals surface area (Å²) < 4.78 is 10.8.